The lowest BCUT2D eigenvalue weighted by atomic mass is 10.2. The molecule has 0 unspecified atom stereocenters. The molecule has 0 aliphatic heterocycles. The molecule has 0 aliphatic rings. The van der Waals surface area contributed by atoms with E-state index in [0.29, 0.717) is 30.5 Å². The molecule has 7 nitrogen and oxygen atoms in total. The number of halogens is 1. The summed E-state index contributed by atoms with van der Waals surface area (Å²) in [4.78, 5) is 15.2. The number of hydrogen-bond acceptors (Lipinski definition) is 5. The minimum absolute atomic E-state index is 0.278. The number of rotatable bonds is 7. The Kier molecular flexibility index (Phi) is 5.57. The fourth-order valence-corrected chi connectivity index (χ4v) is 2.49. The van der Waals surface area contributed by atoms with Gasteiger partial charge in [-0.25, -0.2) is 4.98 Å². The molecule has 1 amide bonds. The van der Waals surface area contributed by atoms with E-state index in [2.05, 4.69) is 15.4 Å². The molecule has 23 heavy (non-hydrogen) atoms. The number of primary amides is 1. The molecule has 0 bridgehead atoms. The van der Waals surface area contributed by atoms with Crippen molar-refractivity contribution in [2.75, 3.05) is 19.0 Å². The summed E-state index contributed by atoms with van der Waals surface area (Å²) in [5.74, 6) is -0.0582. The molecule has 2 heterocycles. The van der Waals surface area contributed by atoms with Crippen molar-refractivity contribution >= 4 is 23.3 Å². The molecule has 0 aromatic carbocycles. The Labute approximate surface area is 139 Å². The number of amides is 1. The van der Waals surface area contributed by atoms with Crippen LogP contribution in [-0.2, 0) is 17.8 Å². The second kappa shape index (κ2) is 7.43. The molecule has 0 saturated heterocycles. The third kappa shape index (κ3) is 4.00. The summed E-state index contributed by atoms with van der Waals surface area (Å²) in [7, 11) is 1.66. The van der Waals surface area contributed by atoms with Gasteiger partial charge in [-0.1, -0.05) is 11.6 Å². The molecule has 0 aliphatic carbocycles. The fraction of sp³-hybridized carbons (Fsp3) is 0.400. The Morgan fingerprint density at radius 1 is 1.48 bits per heavy atom. The first-order chi connectivity index (χ1) is 10.9. The van der Waals surface area contributed by atoms with Gasteiger partial charge >= 0.3 is 0 Å². The van der Waals surface area contributed by atoms with Crippen LogP contribution < -0.4 is 11.1 Å². The lowest BCUT2D eigenvalue weighted by molar-refractivity contribution is 0.1000. The van der Waals surface area contributed by atoms with E-state index in [4.69, 9.17) is 22.1 Å². The maximum absolute atomic E-state index is 11.1. The number of methoxy groups -OCH3 is 1. The van der Waals surface area contributed by atoms with E-state index < -0.39 is 5.91 Å². The van der Waals surface area contributed by atoms with Crippen molar-refractivity contribution in [3.8, 4) is 0 Å². The number of nitrogens with zero attached hydrogens (tertiary/aromatic N) is 3. The summed E-state index contributed by atoms with van der Waals surface area (Å²) in [5, 5.41) is 8.02. The Hall–Kier alpha value is -2.12. The first kappa shape index (κ1) is 17.2. The summed E-state index contributed by atoms with van der Waals surface area (Å²) < 4.78 is 7.00. The van der Waals surface area contributed by atoms with Gasteiger partial charge in [0.05, 0.1) is 29.4 Å². The third-order valence-electron chi connectivity index (χ3n) is 3.60. The van der Waals surface area contributed by atoms with Gasteiger partial charge in [-0.3, -0.25) is 9.48 Å². The van der Waals surface area contributed by atoms with Gasteiger partial charge in [0.15, 0.2) is 0 Å². The Morgan fingerprint density at radius 3 is 2.83 bits per heavy atom. The van der Waals surface area contributed by atoms with Crippen LogP contribution in [0.25, 0.3) is 0 Å². The molecule has 0 spiro atoms. The van der Waals surface area contributed by atoms with Crippen molar-refractivity contribution in [2.24, 2.45) is 5.73 Å². The molecule has 8 heteroatoms. The molecular weight excluding hydrogens is 318 g/mol. The second-order valence-electron chi connectivity index (χ2n) is 5.14. The number of aryl methyl sites for hydroxylation is 1. The van der Waals surface area contributed by atoms with Gasteiger partial charge in [-0.2, -0.15) is 5.10 Å². The van der Waals surface area contributed by atoms with Crippen molar-refractivity contribution in [3.63, 3.8) is 0 Å². The number of aromatic nitrogens is 3. The smallest absolute Gasteiger partial charge is 0.250 e. The standard InChI is InChI=1S/C15H20ClN5O2/c1-9-12(10(2)21(20-9)4-5-23-3)8-19-15-13(16)6-11(7-18-15)14(17)22/h6-7H,4-5,8H2,1-3H3,(H2,17,22)(H,18,19). The van der Waals surface area contributed by atoms with E-state index in [1.54, 1.807) is 7.11 Å². The predicted molar refractivity (Wildman–Crippen MR) is 88.7 cm³/mol. The van der Waals surface area contributed by atoms with E-state index in [9.17, 15) is 4.79 Å². The normalized spacial score (nSPS) is 10.8. The number of nitrogens with one attached hydrogen (secondary N) is 1. The van der Waals surface area contributed by atoms with Gasteiger partial charge in [0, 0.05) is 31.1 Å². The summed E-state index contributed by atoms with van der Waals surface area (Å²) in [5.41, 5.74) is 8.57. The molecule has 0 radical (unpaired) electrons. The van der Waals surface area contributed by atoms with Crippen molar-refractivity contribution in [1.29, 1.82) is 0 Å². The Bertz CT molecular complexity index is 714. The average Bonchev–Trinajstić information content (AvgIpc) is 2.78. The molecular formula is C15H20ClN5O2. The number of hydrogen-bond donors (Lipinski definition) is 2. The van der Waals surface area contributed by atoms with Gasteiger partial charge < -0.3 is 15.8 Å². The molecule has 124 valence electrons. The van der Waals surface area contributed by atoms with Crippen LogP contribution in [0.3, 0.4) is 0 Å². The molecule has 0 saturated carbocycles. The van der Waals surface area contributed by atoms with E-state index in [1.807, 2.05) is 18.5 Å². The van der Waals surface area contributed by atoms with Gasteiger partial charge in [0.2, 0.25) is 5.91 Å². The molecule has 0 atom stereocenters. The second-order valence-corrected chi connectivity index (χ2v) is 5.54. The quantitative estimate of drug-likeness (QED) is 0.804. The highest BCUT2D eigenvalue weighted by molar-refractivity contribution is 6.33. The monoisotopic (exact) mass is 337 g/mol. The summed E-state index contributed by atoms with van der Waals surface area (Å²) in [6.07, 6.45) is 1.40. The van der Waals surface area contributed by atoms with Gasteiger partial charge in [0.25, 0.3) is 0 Å². The third-order valence-corrected chi connectivity index (χ3v) is 3.88. The van der Waals surface area contributed by atoms with Crippen LogP contribution in [0.15, 0.2) is 12.3 Å². The van der Waals surface area contributed by atoms with Crippen molar-refractivity contribution in [3.05, 3.63) is 39.8 Å². The highest BCUT2D eigenvalue weighted by Gasteiger charge is 2.13. The lowest BCUT2D eigenvalue weighted by Crippen LogP contribution is -2.12. The Balaban J connectivity index is 2.12. The fourth-order valence-electron chi connectivity index (χ4n) is 2.26. The minimum Gasteiger partial charge on any atom is -0.383 e. The van der Waals surface area contributed by atoms with E-state index in [-0.39, 0.29) is 5.56 Å². The van der Waals surface area contributed by atoms with Crippen LogP contribution in [0.2, 0.25) is 5.02 Å². The minimum atomic E-state index is -0.558. The van der Waals surface area contributed by atoms with Crippen LogP contribution in [0.4, 0.5) is 5.82 Å². The van der Waals surface area contributed by atoms with Crippen molar-refractivity contribution < 1.29 is 9.53 Å². The van der Waals surface area contributed by atoms with Crippen LogP contribution in [0.5, 0.6) is 0 Å². The first-order valence-corrected chi connectivity index (χ1v) is 7.53. The highest BCUT2D eigenvalue weighted by atomic mass is 35.5. The average molecular weight is 338 g/mol. The van der Waals surface area contributed by atoms with E-state index in [1.165, 1.54) is 12.3 Å². The molecule has 2 aromatic heterocycles. The SMILES string of the molecule is COCCn1nc(C)c(CNc2ncc(C(N)=O)cc2Cl)c1C. The van der Waals surface area contributed by atoms with Gasteiger partial charge in [-0.05, 0) is 19.9 Å². The summed E-state index contributed by atoms with van der Waals surface area (Å²) in [6, 6.07) is 1.50. The number of pyridine rings is 1. The maximum Gasteiger partial charge on any atom is 0.250 e. The largest absolute Gasteiger partial charge is 0.383 e. The number of nitrogens with two attached hydrogens (primary N) is 1. The van der Waals surface area contributed by atoms with Crippen molar-refractivity contribution in [1.82, 2.24) is 14.8 Å². The molecule has 2 rings (SSSR count). The predicted octanol–water partition coefficient (Wildman–Crippen LogP) is 1.91. The number of ether oxygens (including phenoxy) is 1. The summed E-state index contributed by atoms with van der Waals surface area (Å²) >= 11 is 6.12. The van der Waals surface area contributed by atoms with Crippen LogP contribution >= 0.6 is 11.6 Å². The van der Waals surface area contributed by atoms with Crippen molar-refractivity contribution in [2.45, 2.75) is 26.9 Å². The topological polar surface area (TPSA) is 95.1 Å². The zero-order chi connectivity index (χ0) is 17.0. The van der Waals surface area contributed by atoms with E-state index in [0.717, 1.165) is 17.0 Å². The number of carbonyl (C=O) groups is 1. The summed E-state index contributed by atoms with van der Waals surface area (Å²) in [6.45, 7) is 5.82. The maximum atomic E-state index is 11.1. The molecule has 2 aromatic rings. The first-order valence-electron chi connectivity index (χ1n) is 7.15. The number of carbonyl (C=O) groups excluding carboxylic acids is 1. The van der Waals surface area contributed by atoms with Crippen LogP contribution in [0, 0.1) is 13.8 Å². The van der Waals surface area contributed by atoms with Crippen LogP contribution in [-0.4, -0.2) is 34.4 Å². The Morgan fingerprint density at radius 2 is 2.22 bits per heavy atom. The van der Waals surface area contributed by atoms with E-state index >= 15 is 0 Å². The highest BCUT2D eigenvalue weighted by Crippen LogP contribution is 2.22. The van der Waals surface area contributed by atoms with Gasteiger partial charge in [-0.15, -0.1) is 0 Å². The van der Waals surface area contributed by atoms with Crippen LogP contribution in [0.1, 0.15) is 27.3 Å². The lowest BCUT2D eigenvalue weighted by Gasteiger charge is -2.09. The van der Waals surface area contributed by atoms with Gasteiger partial charge in [0.1, 0.15) is 5.82 Å². The molecule has 3 N–H and O–H groups in total. The number of anilines is 1. The molecule has 0 fully saturated rings. The zero-order valence-electron chi connectivity index (χ0n) is 13.4. The zero-order valence-corrected chi connectivity index (χ0v) is 14.1.